The van der Waals surface area contributed by atoms with Crippen LogP contribution in [0.15, 0.2) is 18.2 Å². The van der Waals surface area contributed by atoms with Crippen LogP contribution in [0.5, 0.6) is 5.75 Å². The normalized spacial score (nSPS) is 17.9. The van der Waals surface area contributed by atoms with E-state index in [0.717, 1.165) is 12.8 Å². The number of benzene rings is 1. The molecular weight excluding hydrogens is 183 g/mol. The van der Waals surface area contributed by atoms with Gasteiger partial charge in [0.05, 0.1) is 12.2 Å². The Labute approximate surface area is 82.3 Å². The second-order valence-electron chi connectivity index (χ2n) is 3.68. The molecule has 76 valence electrons. The lowest BCUT2D eigenvalue weighted by atomic mass is 10.1. The average Bonchev–Trinajstić information content (AvgIpc) is 2.91. The third-order valence-corrected chi connectivity index (χ3v) is 2.24. The molecule has 0 amide bonds. The highest BCUT2D eigenvalue weighted by Crippen LogP contribution is 2.32. The summed E-state index contributed by atoms with van der Waals surface area (Å²) in [7, 11) is 0. The molecule has 0 spiro atoms. The van der Waals surface area contributed by atoms with Crippen molar-refractivity contribution in [1.82, 2.24) is 0 Å². The van der Waals surface area contributed by atoms with Crippen molar-refractivity contribution >= 4 is 0 Å². The molecule has 1 unspecified atom stereocenters. The van der Waals surface area contributed by atoms with Gasteiger partial charge >= 0.3 is 0 Å². The standard InChI is InChI=1S/C11H13FO2/c1-7(13)10-6-8(12)2-5-11(10)14-9-3-4-9/h2,5-7,9,13H,3-4H2,1H3. The molecule has 1 aromatic rings. The second-order valence-corrected chi connectivity index (χ2v) is 3.68. The molecule has 1 aliphatic rings. The zero-order valence-corrected chi connectivity index (χ0v) is 8.03. The van der Waals surface area contributed by atoms with Crippen LogP contribution in [0.3, 0.4) is 0 Å². The van der Waals surface area contributed by atoms with Crippen molar-refractivity contribution in [3.8, 4) is 5.75 Å². The molecule has 0 aromatic heterocycles. The first-order valence-electron chi connectivity index (χ1n) is 4.81. The van der Waals surface area contributed by atoms with Gasteiger partial charge in [-0.25, -0.2) is 4.39 Å². The van der Waals surface area contributed by atoms with Crippen molar-refractivity contribution in [3.63, 3.8) is 0 Å². The third kappa shape index (κ3) is 2.04. The van der Waals surface area contributed by atoms with Gasteiger partial charge in [-0.3, -0.25) is 0 Å². The van der Waals surface area contributed by atoms with Gasteiger partial charge in [0, 0.05) is 5.56 Å². The summed E-state index contributed by atoms with van der Waals surface area (Å²) in [6, 6.07) is 4.25. The predicted octanol–water partition coefficient (Wildman–Crippen LogP) is 2.42. The Bertz CT molecular complexity index is 332. The van der Waals surface area contributed by atoms with Crippen LogP contribution < -0.4 is 4.74 Å². The molecule has 3 heteroatoms. The van der Waals surface area contributed by atoms with E-state index in [1.54, 1.807) is 13.0 Å². The minimum Gasteiger partial charge on any atom is -0.490 e. The molecule has 0 aliphatic heterocycles. The molecule has 1 N–H and O–H groups in total. The Hall–Kier alpha value is -1.09. The van der Waals surface area contributed by atoms with Crippen molar-refractivity contribution in [3.05, 3.63) is 29.6 Å². The van der Waals surface area contributed by atoms with Gasteiger partial charge in [0.2, 0.25) is 0 Å². The molecule has 0 heterocycles. The molecule has 2 rings (SSSR count). The molecule has 1 fully saturated rings. The van der Waals surface area contributed by atoms with E-state index in [4.69, 9.17) is 4.74 Å². The number of aliphatic hydroxyl groups excluding tert-OH is 1. The van der Waals surface area contributed by atoms with Gasteiger partial charge in [-0.15, -0.1) is 0 Å². The third-order valence-electron chi connectivity index (χ3n) is 2.24. The molecule has 14 heavy (non-hydrogen) atoms. The van der Waals surface area contributed by atoms with Crippen molar-refractivity contribution in [1.29, 1.82) is 0 Å². The largest absolute Gasteiger partial charge is 0.490 e. The summed E-state index contributed by atoms with van der Waals surface area (Å²) in [4.78, 5) is 0. The van der Waals surface area contributed by atoms with Gasteiger partial charge in [0.1, 0.15) is 11.6 Å². The predicted molar refractivity (Wildman–Crippen MR) is 50.7 cm³/mol. The SMILES string of the molecule is CC(O)c1cc(F)ccc1OC1CC1. The maximum atomic E-state index is 12.9. The van der Waals surface area contributed by atoms with E-state index in [2.05, 4.69) is 0 Å². The van der Waals surface area contributed by atoms with Gasteiger partial charge in [0.15, 0.2) is 0 Å². The second kappa shape index (κ2) is 3.58. The minimum absolute atomic E-state index is 0.262. The summed E-state index contributed by atoms with van der Waals surface area (Å²) in [5, 5.41) is 9.42. The van der Waals surface area contributed by atoms with Crippen LogP contribution in [-0.4, -0.2) is 11.2 Å². The summed E-state index contributed by atoms with van der Waals surface area (Å²) in [6.07, 6.45) is 1.67. The Kier molecular flexibility index (Phi) is 2.42. The van der Waals surface area contributed by atoms with Crippen molar-refractivity contribution in [2.75, 3.05) is 0 Å². The first kappa shape index (κ1) is 9.46. The Morgan fingerprint density at radius 3 is 2.79 bits per heavy atom. The van der Waals surface area contributed by atoms with Gasteiger partial charge in [-0.05, 0) is 38.0 Å². The highest BCUT2D eigenvalue weighted by molar-refractivity contribution is 5.35. The van der Waals surface area contributed by atoms with E-state index in [1.807, 2.05) is 0 Å². The van der Waals surface area contributed by atoms with Crippen LogP contribution >= 0.6 is 0 Å². The monoisotopic (exact) mass is 196 g/mol. The Morgan fingerprint density at radius 1 is 1.50 bits per heavy atom. The first-order chi connectivity index (χ1) is 6.66. The summed E-state index contributed by atoms with van der Waals surface area (Å²) in [5.74, 6) is 0.257. The molecule has 0 bridgehead atoms. The highest BCUT2D eigenvalue weighted by atomic mass is 19.1. The zero-order valence-electron chi connectivity index (χ0n) is 8.03. The van der Waals surface area contributed by atoms with E-state index < -0.39 is 6.10 Å². The van der Waals surface area contributed by atoms with Crippen molar-refractivity contribution in [2.24, 2.45) is 0 Å². The molecule has 1 atom stereocenters. The zero-order chi connectivity index (χ0) is 10.1. The van der Waals surface area contributed by atoms with E-state index >= 15 is 0 Å². The summed E-state index contributed by atoms with van der Waals surface area (Å²) >= 11 is 0. The van der Waals surface area contributed by atoms with Crippen LogP contribution in [0, 0.1) is 5.82 Å². The number of ether oxygens (including phenoxy) is 1. The fourth-order valence-corrected chi connectivity index (χ4v) is 1.32. The van der Waals surface area contributed by atoms with Crippen LogP contribution in [0.1, 0.15) is 31.4 Å². The van der Waals surface area contributed by atoms with Crippen LogP contribution in [0.4, 0.5) is 4.39 Å². The van der Waals surface area contributed by atoms with E-state index in [-0.39, 0.29) is 11.9 Å². The number of halogens is 1. The topological polar surface area (TPSA) is 29.5 Å². The number of aliphatic hydroxyl groups is 1. The number of hydrogen-bond acceptors (Lipinski definition) is 2. The molecular formula is C11H13FO2. The lowest BCUT2D eigenvalue weighted by Gasteiger charge is -2.12. The summed E-state index contributed by atoms with van der Waals surface area (Å²) in [5.41, 5.74) is 0.525. The molecule has 2 nitrogen and oxygen atoms in total. The summed E-state index contributed by atoms with van der Waals surface area (Å²) < 4.78 is 18.4. The smallest absolute Gasteiger partial charge is 0.125 e. The molecule has 0 saturated heterocycles. The molecule has 1 aromatic carbocycles. The fraction of sp³-hybridized carbons (Fsp3) is 0.455. The molecule has 0 radical (unpaired) electrons. The first-order valence-corrected chi connectivity index (χ1v) is 4.81. The lowest BCUT2D eigenvalue weighted by Crippen LogP contribution is -2.02. The minimum atomic E-state index is -0.695. The molecule has 1 aliphatic carbocycles. The number of hydrogen-bond donors (Lipinski definition) is 1. The Balaban J connectivity index is 2.26. The highest BCUT2D eigenvalue weighted by Gasteiger charge is 2.25. The number of rotatable bonds is 3. The van der Waals surface area contributed by atoms with Crippen molar-refractivity contribution in [2.45, 2.75) is 32.0 Å². The van der Waals surface area contributed by atoms with Crippen molar-refractivity contribution < 1.29 is 14.2 Å². The fourth-order valence-electron chi connectivity index (χ4n) is 1.32. The van der Waals surface area contributed by atoms with E-state index in [9.17, 15) is 9.50 Å². The summed E-state index contributed by atoms with van der Waals surface area (Å²) in [6.45, 7) is 1.61. The van der Waals surface area contributed by atoms with Crippen LogP contribution in [0.25, 0.3) is 0 Å². The quantitative estimate of drug-likeness (QED) is 0.804. The van der Waals surface area contributed by atoms with Gasteiger partial charge in [-0.2, -0.15) is 0 Å². The molecule has 1 saturated carbocycles. The van der Waals surface area contributed by atoms with E-state index in [0.29, 0.717) is 11.3 Å². The van der Waals surface area contributed by atoms with Gasteiger partial charge < -0.3 is 9.84 Å². The van der Waals surface area contributed by atoms with Gasteiger partial charge in [0.25, 0.3) is 0 Å². The average molecular weight is 196 g/mol. The van der Waals surface area contributed by atoms with Gasteiger partial charge in [-0.1, -0.05) is 0 Å². The maximum Gasteiger partial charge on any atom is 0.125 e. The van der Waals surface area contributed by atoms with Crippen LogP contribution in [-0.2, 0) is 0 Å². The van der Waals surface area contributed by atoms with E-state index in [1.165, 1.54) is 12.1 Å². The lowest BCUT2D eigenvalue weighted by molar-refractivity contribution is 0.189. The Morgan fingerprint density at radius 2 is 2.21 bits per heavy atom. The van der Waals surface area contributed by atoms with Crippen LogP contribution in [0.2, 0.25) is 0 Å². The maximum absolute atomic E-state index is 12.9.